The SMILES string of the molecule is C.C=C1C=CC(=O)N1C(C)(C)C.C=C1CCC(=O)N1C(C)(C)C.CC(C)(C)N1C(=O)C=CCC1=O.CC(C)(C)N1C(=O)CCCC1=O.CC(C)(C)N1CCC=CC1=O.CC(C)(C)N1CCCC1=O. The lowest BCUT2D eigenvalue weighted by atomic mass is 10.00. The molecule has 0 aromatic carbocycles. The molecule has 0 unspecified atom stereocenters. The predicted molar refractivity (Wildman–Crippen MR) is 273 cm³/mol. The smallest absolute Gasteiger partial charge is 0.253 e. The van der Waals surface area contributed by atoms with Crippen molar-refractivity contribution in [3.05, 3.63) is 61.0 Å². The quantitative estimate of drug-likeness (QED) is 0.218. The zero-order chi connectivity index (χ0) is 52.3. The average molecular weight is 951 g/mol. The van der Waals surface area contributed by atoms with E-state index in [9.17, 15) is 38.4 Å². The molecule has 6 aliphatic heterocycles. The lowest BCUT2D eigenvalue weighted by molar-refractivity contribution is -0.154. The van der Waals surface area contributed by atoms with Crippen molar-refractivity contribution in [2.45, 2.75) is 223 Å². The average Bonchev–Trinajstić information content (AvgIpc) is 3.84. The lowest BCUT2D eigenvalue weighted by Gasteiger charge is -2.36. The van der Waals surface area contributed by atoms with E-state index in [0.29, 0.717) is 38.0 Å². The molecule has 384 valence electrons. The summed E-state index contributed by atoms with van der Waals surface area (Å²) in [6.45, 7) is 45.1. The number of imide groups is 2. The molecule has 6 aliphatic rings. The third kappa shape index (κ3) is 19.5. The number of nitrogens with zero attached hydrogens (tertiary/aromatic N) is 6. The van der Waals surface area contributed by atoms with Crippen molar-refractivity contribution in [2.75, 3.05) is 13.1 Å². The van der Waals surface area contributed by atoms with Crippen LogP contribution in [0.25, 0.3) is 0 Å². The van der Waals surface area contributed by atoms with Crippen molar-refractivity contribution in [1.29, 1.82) is 0 Å². The van der Waals surface area contributed by atoms with E-state index in [1.807, 2.05) is 99.0 Å². The fraction of sp³-hybridized carbons (Fsp3) is 0.667. The van der Waals surface area contributed by atoms with Crippen molar-refractivity contribution in [2.24, 2.45) is 0 Å². The van der Waals surface area contributed by atoms with Crippen LogP contribution >= 0.6 is 0 Å². The molecule has 6 heterocycles. The first-order valence-corrected chi connectivity index (χ1v) is 23.6. The molecule has 3 saturated heterocycles. The van der Waals surface area contributed by atoms with Crippen LogP contribution in [0.4, 0.5) is 0 Å². The van der Waals surface area contributed by atoms with Gasteiger partial charge in [-0.25, -0.2) is 0 Å². The number of allylic oxidation sites excluding steroid dienone is 2. The van der Waals surface area contributed by atoms with Gasteiger partial charge in [0.05, 0.1) is 0 Å². The summed E-state index contributed by atoms with van der Waals surface area (Å²) in [6, 6.07) is 0. The largest absolute Gasteiger partial charge is 0.338 e. The number of carbonyl (C=O) groups excluding carboxylic acids is 8. The maximum atomic E-state index is 11.4. The molecule has 0 N–H and O–H groups in total. The van der Waals surface area contributed by atoms with E-state index in [0.717, 1.165) is 50.2 Å². The van der Waals surface area contributed by atoms with Gasteiger partial charge in [0.1, 0.15) is 0 Å². The van der Waals surface area contributed by atoms with Crippen molar-refractivity contribution in [3.63, 3.8) is 0 Å². The first-order valence-electron chi connectivity index (χ1n) is 23.6. The highest BCUT2D eigenvalue weighted by atomic mass is 16.2. The zero-order valence-corrected chi connectivity index (χ0v) is 44.6. The number of amides is 8. The molecule has 8 amide bonds. The minimum atomic E-state index is -0.404. The van der Waals surface area contributed by atoms with Crippen LogP contribution in [0.1, 0.15) is 190 Å². The van der Waals surface area contributed by atoms with Gasteiger partial charge in [0, 0.05) is 102 Å². The summed E-state index contributed by atoms with van der Waals surface area (Å²) in [7, 11) is 0. The van der Waals surface area contributed by atoms with E-state index < -0.39 is 5.54 Å². The van der Waals surface area contributed by atoms with Crippen molar-refractivity contribution in [1.82, 2.24) is 29.4 Å². The van der Waals surface area contributed by atoms with E-state index in [-0.39, 0.29) is 76.5 Å². The molecule has 0 spiro atoms. The Morgan fingerprint density at radius 2 is 0.809 bits per heavy atom. The van der Waals surface area contributed by atoms with Crippen molar-refractivity contribution < 1.29 is 38.4 Å². The van der Waals surface area contributed by atoms with Crippen LogP contribution in [-0.2, 0) is 38.4 Å². The summed E-state index contributed by atoms with van der Waals surface area (Å²) in [5.74, 6) is 0.313. The highest BCUT2D eigenvalue weighted by Crippen LogP contribution is 2.29. The van der Waals surface area contributed by atoms with Gasteiger partial charge in [0.15, 0.2) is 0 Å². The molecule has 0 atom stereocenters. The highest BCUT2D eigenvalue weighted by Gasteiger charge is 2.36. The number of rotatable bonds is 0. The molecule has 0 radical (unpaired) electrons. The zero-order valence-electron chi connectivity index (χ0n) is 44.6. The van der Waals surface area contributed by atoms with Crippen LogP contribution in [0.5, 0.6) is 0 Å². The van der Waals surface area contributed by atoms with Crippen molar-refractivity contribution in [3.8, 4) is 0 Å². The van der Waals surface area contributed by atoms with E-state index in [4.69, 9.17) is 0 Å². The first-order chi connectivity index (χ1) is 30.2. The molecule has 14 nitrogen and oxygen atoms in total. The van der Waals surface area contributed by atoms with Gasteiger partial charge in [-0.05, 0) is 162 Å². The molecule has 0 aliphatic carbocycles. The highest BCUT2D eigenvalue weighted by molar-refractivity contribution is 6.04. The monoisotopic (exact) mass is 951 g/mol. The van der Waals surface area contributed by atoms with Crippen LogP contribution < -0.4 is 0 Å². The van der Waals surface area contributed by atoms with Gasteiger partial charge >= 0.3 is 0 Å². The molecule has 0 bridgehead atoms. The lowest BCUT2D eigenvalue weighted by Crippen LogP contribution is -2.51. The van der Waals surface area contributed by atoms with Gasteiger partial charge in [0.25, 0.3) is 11.8 Å². The molecule has 0 aromatic heterocycles. The van der Waals surface area contributed by atoms with E-state index in [1.165, 1.54) is 15.9 Å². The van der Waals surface area contributed by atoms with Crippen LogP contribution in [0, 0.1) is 0 Å². The third-order valence-corrected chi connectivity index (χ3v) is 10.8. The van der Waals surface area contributed by atoms with Crippen LogP contribution in [0.3, 0.4) is 0 Å². The van der Waals surface area contributed by atoms with Crippen molar-refractivity contribution >= 4 is 47.3 Å². The first kappa shape index (κ1) is 62.9. The molecule has 6 rings (SSSR count). The number of likely N-dealkylation sites (tertiary alicyclic amines) is 3. The summed E-state index contributed by atoms with van der Waals surface area (Å²) in [5, 5.41) is 0. The summed E-state index contributed by atoms with van der Waals surface area (Å²) in [6.07, 6.45) is 16.3. The Morgan fingerprint density at radius 1 is 0.382 bits per heavy atom. The number of piperidine rings is 1. The Kier molecular flexibility index (Phi) is 23.0. The molecule has 0 aromatic rings. The Morgan fingerprint density at radius 3 is 1.06 bits per heavy atom. The van der Waals surface area contributed by atoms with E-state index in [2.05, 4.69) is 54.7 Å². The molecule has 0 saturated carbocycles. The van der Waals surface area contributed by atoms with Gasteiger partial charge in [-0.15, -0.1) is 0 Å². The van der Waals surface area contributed by atoms with Gasteiger partial charge in [0.2, 0.25) is 35.4 Å². The molecular weight excluding hydrogens is 861 g/mol. The van der Waals surface area contributed by atoms with Gasteiger partial charge in [-0.2, -0.15) is 0 Å². The summed E-state index contributed by atoms with van der Waals surface area (Å²) >= 11 is 0. The van der Waals surface area contributed by atoms with Crippen LogP contribution in [0.15, 0.2) is 61.0 Å². The predicted octanol–water partition coefficient (Wildman–Crippen LogP) is 9.66. The molecule has 3 fully saturated rings. The fourth-order valence-corrected chi connectivity index (χ4v) is 8.09. The fourth-order valence-electron chi connectivity index (χ4n) is 8.09. The van der Waals surface area contributed by atoms with Crippen LogP contribution in [-0.4, -0.2) is 123 Å². The Bertz CT molecular complexity index is 1890. The Balaban J connectivity index is 0.000000791. The van der Waals surface area contributed by atoms with Crippen LogP contribution in [0.2, 0.25) is 0 Å². The van der Waals surface area contributed by atoms with Gasteiger partial charge in [-0.1, -0.05) is 32.7 Å². The van der Waals surface area contributed by atoms with E-state index in [1.54, 1.807) is 34.1 Å². The molecule has 68 heavy (non-hydrogen) atoms. The van der Waals surface area contributed by atoms with Gasteiger partial charge in [-0.3, -0.25) is 48.2 Å². The standard InChI is InChI=1S/C9H15NO2.C9H13NO2.C9H15NO.C9H13NO.C9H15NO.C8H15NO.CH4/c2*1-9(2,3)10-7(11)5-4-6-8(10)12;2*1-7-5-6-8(11)10(7)9(2,3)4;1-9(2,3)10-7-5-4-6-8(10)11;1-8(2,3)9-6-4-5-7(9)10;/h4-6H2,1-3H3;4-5H,6H2,1-3H3;1,5-6H2,2-4H3;5-6H,1H2,2-4H3;4,6H,5,7H2,1-3H3;4-6H2,1-3H3;1H4. The summed E-state index contributed by atoms with van der Waals surface area (Å²) in [5.41, 5.74) is 0.746. The molecule has 14 heteroatoms. The van der Waals surface area contributed by atoms with E-state index >= 15 is 0 Å². The molecular formula is C54H90N6O8. The Hall–Kier alpha value is -5.14. The minimum absolute atomic E-state index is 0. The maximum Gasteiger partial charge on any atom is 0.253 e. The number of hydrogen-bond acceptors (Lipinski definition) is 8. The third-order valence-electron chi connectivity index (χ3n) is 10.8. The normalized spacial score (nSPS) is 19.1. The minimum Gasteiger partial charge on any atom is -0.338 e. The number of hydrogen-bond donors (Lipinski definition) is 0. The second-order valence-electron chi connectivity index (χ2n) is 23.3. The topological polar surface area (TPSA) is 156 Å². The summed E-state index contributed by atoms with van der Waals surface area (Å²) < 4.78 is 0. The second kappa shape index (κ2) is 24.9. The Labute approximate surface area is 410 Å². The maximum absolute atomic E-state index is 11.4. The second-order valence-corrected chi connectivity index (χ2v) is 23.3. The van der Waals surface area contributed by atoms with Gasteiger partial charge < -0.3 is 19.6 Å². The number of carbonyl (C=O) groups is 8. The summed E-state index contributed by atoms with van der Waals surface area (Å²) in [4.78, 5) is 100.